The van der Waals surface area contributed by atoms with E-state index in [0.29, 0.717) is 12.6 Å². The molecule has 204 valence electrons. The van der Waals surface area contributed by atoms with E-state index in [0.717, 1.165) is 49.7 Å². The zero-order chi connectivity index (χ0) is 27.0. The maximum Gasteiger partial charge on any atom is 0.115 e. The Kier molecular flexibility index (Phi) is 14.5. The van der Waals surface area contributed by atoms with E-state index in [1.807, 2.05) is 32.1 Å². The van der Waals surface area contributed by atoms with Gasteiger partial charge < -0.3 is 14.5 Å². The van der Waals surface area contributed by atoms with Gasteiger partial charge in [-0.15, -0.1) is 0 Å². The average molecular weight is 526 g/mol. The van der Waals surface area contributed by atoms with Gasteiger partial charge in [0.1, 0.15) is 5.76 Å². The van der Waals surface area contributed by atoms with Crippen LogP contribution < -0.4 is 4.90 Å². The van der Waals surface area contributed by atoms with Gasteiger partial charge in [0.25, 0.3) is 0 Å². The van der Waals surface area contributed by atoms with Crippen molar-refractivity contribution in [1.82, 2.24) is 9.80 Å². The molecule has 1 aromatic rings. The molecule has 37 heavy (non-hydrogen) atoms. The van der Waals surface area contributed by atoms with Gasteiger partial charge in [-0.1, -0.05) is 60.2 Å². The smallest absolute Gasteiger partial charge is 0.115 e. The van der Waals surface area contributed by atoms with Gasteiger partial charge in [-0.25, -0.2) is 0 Å². The molecular formula is C32H48ClN3O. The molecule has 4 nitrogen and oxygen atoms in total. The molecule has 1 aliphatic heterocycles. The fraction of sp³-hybridized carbons (Fsp3) is 0.500. The number of halogens is 1. The van der Waals surface area contributed by atoms with Crippen LogP contribution in [-0.4, -0.2) is 69.8 Å². The highest BCUT2D eigenvalue weighted by atomic mass is 35.5. The zero-order valence-corrected chi connectivity index (χ0v) is 24.5. The van der Waals surface area contributed by atoms with E-state index in [9.17, 15) is 0 Å². The van der Waals surface area contributed by atoms with Crippen LogP contribution in [0.3, 0.4) is 0 Å². The lowest BCUT2D eigenvalue weighted by Gasteiger charge is -2.29. The molecule has 1 fully saturated rings. The van der Waals surface area contributed by atoms with Gasteiger partial charge in [-0.2, -0.15) is 0 Å². The Morgan fingerprint density at radius 3 is 2.59 bits per heavy atom. The van der Waals surface area contributed by atoms with E-state index in [2.05, 4.69) is 78.8 Å². The van der Waals surface area contributed by atoms with Gasteiger partial charge in [0.15, 0.2) is 0 Å². The van der Waals surface area contributed by atoms with E-state index >= 15 is 0 Å². The number of rotatable bonds is 16. The Hall–Kier alpha value is -2.27. The van der Waals surface area contributed by atoms with Crippen molar-refractivity contribution in [2.45, 2.75) is 52.0 Å². The van der Waals surface area contributed by atoms with Gasteiger partial charge in [0, 0.05) is 56.9 Å². The number of anilines is 1. The molecule has 0 saturated carbocycles. The molecule has 0 amide bonds. The lowest BCUT2D eigenvalue weighted by atomic mass is 10.1. The van der Waals surface area contributed by atoms with Crippen molar-refractivity contribution < 1.29 is 4.74 Å². The number of likely N-dealkylation sites (N-methyl/N-ethyl adjacent to an activating group) is 1. The highest BCUT2D eigenvalue weighted by molar-refractivity contribution is 6.29. The van der Waals surface area contributed by atoms with Crippen LogP contribution in [0.25, 0.3) is 0 Å². The first-order valence-electron chi connectivity index (χ1n) is 13.6. The molecule has 1 unspecified atom stereocenters. The molecule has 1 atom stereocenters. The van der Waals surface area contributed by atoms with E-state index in [1.54, 1.807) is 6.08 Å². The lowest BCUT2D eigenvalue weighted by Crippen LogP contribution is -2.40. The maximum absolute atomic E-state index is 6.07. The summed E-state index contributed by atoms with van der Waals surface area (Å²) in [5.41, 5.74) is 4.07. The van der Waals surface area contributed by atoms with E-state index in [-0.39, 0.29) is 0 Å². The summed E-state index contributed by atoms with van der Waals surface area (Å²) in [6, 6.07) is 9.60. The second kappa shape index (κ2) is 17.3. The molecule has 5 heteroatoms. The van der Waals surface area contributed by atoms with Crippen molar-refractivity contribution in [1.29, 1.82) is 0 Å². The minimum absolute atomic E-state index is 0.618. The standard InChI is InChI=1S/C32H48ClN3O/c1-7-9-15-32(8-2)37-24-21-29(13-10-12-27(3)33)25-35(6)26-31-14-11-22-36(31)23-20-28-16-18-30(19-17-28)34(4)5/h7-9,12-13,15-19,31H,1,10-11,14,20-26H2,2-6H3/b15-9-,27-12+,29-13-,32-8+. The van der Waals surface area contributed by atoms with Gasteiger partial charge in [0.2, 0.25) is 0 Å². The summed E-state index contributed by atoms with van der Waals surface area (Å²) >= 11 is 6.07. The second-order valence-corrected chi connectivity index (χ2v) is 10.7. The summed E-state index contributed by atoms with van der Waals surface area (Å²) in [7, 11) is 6.42. The fourth-order valence-corrected chi connectivity index (χ4v) is 4.81. The van der Waals surface area contributed by atoms with Crippen LogP contribution >= 0.6 is 11.6 Å². The Labute approximate surface area is 231 Å². The Balaban J connectivity index is 1.90. The first kappa shape index (κ1) is 31.0. The van der Waals surface area contributed by atoms with Crippen LogP contribution in [0.1, 0.15) is 45.1 Å². The largest absolute Gasteiger partial charge is 0.494 e. The third-order valence-electron chi connectivity index (χ3n) is 6.81. The van der Waals surface area contributed by atoms with E-state index in [1.165, 1.54) is 36.2 Å². The molecule has 0 aromatic heterocycles. The predicted molar refractivity (Wildman–Crippen MR) is 163 cm³/mol. The van der Waals surface area contributed by atoms with Crippen LogP contribution in [0.2, 0.25) is 0 Å². The first-order chi connectivity index (χ1) is 17.8. The summed E-state index contributed by atoms with van der Waals surface area (Å²) in [4.78, 5) is 7.32. The number of benzene rings is 1. The molecule has 1 saturated heterocycles. The minimum Gasteiger partial charge on any atom is -0.494 e. The molecular weight excluding hydrogens is 478 g/mol. The fourth-order valence-electron chi connectivity index (χ4n) is 4.72. The van der Waals surface area contributed by atoms with Crippen molar-refractivity contribution in [2.75, 3.05) is 58.8 Å². The number of likely N-dealkylation sites (tertiary alicyclic amines) is 1. The molecule has 0 radical (unpaired) electrons. The van der Waals surface area contributed by atoms with Crippen molar-refractivity contribution in [3.63, 3.8) is 0 Å². The highest BCUT2D eigenvalue weighted by Gasteiger charge is 2.25. The molecule has 0 bridgehead atoms. The number of hydrogen-bond donors (Lipinski definition) is 0. The summed E-state index contributed by atoms with van der Waals surface area (Å²) in [6.07, 6.45) is 17.4. The predicted octanol–water partition coefficient (Wildman–Crippen LogP) is 7.20. The van der Waals surface area contributed by atoms with Crippen molar-refractivity contribution >= 4 is 17.3 Å². The average Bonchev–Trinajstić information content (AvgIpc) is 3.31. The van der Waals surface area contributed by atoms with Crippen LogP contribution in [0.15, 0.2) is 83.7 Å². The molecule has 0 aliphatic carbocycles. The number of nitrogens with zero attached hydrogens (tertiary/aromatic N) is 3. The maximum atomic E-state index is 6.07. The number of ether oxygens (including phenoxy) is 1. The van der Waals surface area contributed by atoms with Crippen LogP contribution in [0.5, 0.6) is 0 Å². The van der Waals surface area contributed by atoms with Gasteiger partial charge in [0.05, 0.1) is 6.61 Å². The Bertz CT molecular complexity index is 926. The molecule has 2 rings (SSSR count). The van der Waals surface area contributed by atoms with Crippen molar-refractivity contribution in [3.8, 4) is 0 Å². The normalized spacial score (nSPS) is 17.7. The van der Waals surface area contributed by atoms with Crippen molar-refractivity contribution in [3.05, 3.63) is 89.2 Å². The SMILES string of the molecule is C=C/C=C\C(=C/C)OCC/C(=C/C/C=C(\C)Cl)CN(C)CC1CCCN1CCc1ccc(N(C)C)cc1. The lowest BCUT2D eigenvalue weighted by molar-refractivity contribution is 0.195. The van der Waals surface area contributed by atoms with Gasteiger partial charge in [-0.05, 0) is 83.0 Å². The summed E-state index contributed by atoms with van der Waals surface area (Å²) in [6.45, 7) is 12.7. The van der Waals surface area contributed by atoms with E-state index in [4.69, 9.17) is 16.3 Å². The third kappa shape index (κ3) is 12.2. The molecule has 1 heterocycles. The first-order valence-corrected chi connectivity index (χ1v) is 14.0. The topological polar surface area (TPSA) is 19.0 Å². The summed E-state index contributed by atoms with van der Waals surface area (Å²) in [5, 5.41) is 0.837. The van der Waals surface area contributed by atoms with Gasteiger partial charge >= 0.3 is 0 Å². The van der Waals surface area contributed by atoms with Gasteiger partial charge in [-0.3, -0.25) is 4.90 Å². The minimum atomic E-state index is 0.618. The second-order valence-electron chi connectivity index (χ2n) is 10.1. The Morgan fingerprint density at radius 1 is 1.19 bits per heavy atom. The third-order valence-corrected chi connectivity index (χ3v) is 6.97. The molecule has 0 spiro atoms. The quantitative estimate of drug-likeness (QED) is 0.129. The van der Waals surface area contributed by atoms with Crippen LogP contribution in [-0.2, 0) is 11.2 Å². The molecule has 0 N–H and O–H groups in total. The highest BCUT2D eigenvalue weighted by Crippen LogP contribution is 2.20. The zero-order valence-electron chi connectivity index (χ0n) is 23.8. The van der Waals surface area contributed by atoms with Crippen molar-refractivity contribution in [2.24, 2.45) is 0 Å². The van der Waals surface area contributed by atoms with Crippen LogP contribution in [0.4, 0.5) is 5.69 Å². The Morgan fingerprint density at radius 2 is 1.95 bits per heavy atom. The molecule has 1 aromatic carbocycles. The van der Waals surface area contributed by atoms with Crippen LogP contribution in [0, 0.1) is 0 Å². The molecule has 1 aliphatic rings. The summed E-state index contributed by atoms with van der Waals surface area (Å²) < 4.78 is 5.99. The van der Waals surface area contributed by atoms with E-state index < -0.39 is 0 Å². The number of hydrogen-bond acceptors (Lipinski definition) is 4. The number of allylic oxidation sites excluding steroid dienone is 7. The monoisotopic (exact) mass is 525 g/mol. The summed E-state index contributed by atoms with van der Waals surface area (Å²) in [5.74, 6) is 0.877.